The molecule has 4 aromatic rings. The fraction of sp³-hybridized carbons (Fsp3) is 0.474. The monoisotopic (exact) mass is 777 g/mol. The van der Waals surface area contributed by atoms with Gasteiger partial charge in [0.2, 0.25) is 0 Å². The number of hydrogen-bond acceptors (Lipinski definition) is 4. The topological polar surface area (TPSA) is 50.2 Å². The Labute approximate surface area is 277 Å². The van der Waals surface area contributed by atoms with Crippen molar-refractivity contribution in [2.24, 2.45) is 16.7 Å². The SMILES string of the molecule is CCC(C)(CC)C(=O)/C=C(\O)C(C)(CC)CC.Cc1[c-]c(-c2nc3ccccc3c3sc(CC(C)C)cc23)cc(C)c1.[Ir]. The minimum atomic E-state index is -0.337. The molecule has 3 nitrogen and oxygen atoms in total. The first-order valence-electron chi connectivity index (χ1n) is 15.6. The fourth-order valence-corrected chi connectivity index (χ4v) is 6.58. The Morgan fingerprint density at radius 1 is 0.953 bits per heavy atom. The molecule has 1 radical (unpaired) electrons. The zero-order valence-electron chi connectivity index (χ0n) is 27.8. The largest absolute Gasteiger partial charge is 0.512 e. The van der Waals surface area contributed by atoms with E-state index in [1.54, 1.807) is 0 Å². The minimum absolute atomic E-state index is 0. The molecule has 0 unspecified atom stereocenters. The Hall–Kier alpha value is -2.33. The molecular formula is C38H50IrNO2S-. The van der Waals surface area contributed by atoms with Crippen molar-refractivity contribution in [3.63, 3.8) is 0 Å². The smallest absolute Gasteiger partial charge is 0.164 e. The van der Waals surface area contributed by atoms with Crippen LogP contribution in [0.3, 0.4) is 0 Å². The number of fused-ring (bicyclic) bond motifs is 3. The van der Waals surface area contributed by atoms with E-state index in [9.17, 15) is 9.90 Å². The van der Waals surface area contributed by atoms with E-state index in [1.165, 1.54) is 32.0 Å². The van der Waals surface area contributed by atoms with Crippen molar-refractivity contribution in [1.29, 1.82) is 0 Å². The van der Waals surface area contributed by atoms with Crippen LogP contribution in [-0.4, -0.2) is 15.9 Å². The van der Waals surface area contributed by atoms with Crippen molar-refractivity contribution in [3.05, 3.63) is 76.4 Å². The van der Waals surface area contributed by atoms with E-state index >= 15 is 0 Å². The Kier molecular flexibility index (Phi) is 13.4. The Morgan fingerprint density at radius 2 is 1.56 bits per heavy atom. The van der Waals surface area contributed by atoms with Crippen LogP contribution in [0.15, 0.2) is 54.3 Å². The number of carbonyl (C=O) groups is 1. The second-order valence-electron chi connectivity index (χ2n) is 12.7. The van der Waals surface area contributed by atoms with Gasteiger partial charge < -0.3 is 5.11 Å². The van der Waals surface area contributed by atoms with Gasteiger partial charge in [0.25, 0.3) is 0 Å². The molecule has 2 heterocycles. The third-order valence-corrected chi connectivity index (χ3v) is 10.2. The first-order valence-corrected chi connectivity index (χ1v) is 16.4. The normalized spacial score (nSPS) is 12.3. The minimum Gasteiger partial charge on any atom is -0.512 e. The van der Waals surface area contributed by atoms with E-state index in [0.29, 0.717) is 5.92 Å². The maximum atomic E-state index is 12.2. The molecule has 0 aliphatic heterocycles. The van der Waals surface area contributed by atoms with Crippen molar-refractivity contribution in [2.75, 3.05) is 0 Å². The van der Waals surface area contributed by atoms with Crippen LogP contribution in [0.25, 0.3) is 32.2 Å². The van der Waals surface area contributed by atoms with Gasteiger partial charge in [-0.3, -0.25) is 9.78 Å². The summed E-state index contributed by atoms with van der Waals surface area (Å²) < 4.78 is 1.35. The first-order chi connectivity index (χ1) is 19.8. The molecular weight excluding hydrogens is 727 g/mol. The van der Waals surface area contributed by atoms with Crippen molar-refractivity contribution in [1.82, 2.24) is 4.98 Å². The summed E-state index contributed by atoms with van der Waals surface area (Å²) >= 11 is 1.92. The number of thiophene rings is 1. The zero-order valence-corrected chi connectivity index (χ0v) is 31.0. The fourth-order valence-electron chi connectivity index (χ4n) is 5.18. The van der Waals surface area contributed by atoms with E-state index in [-0.39, 0.29) is 42.5 Å². The molecule has 0 aliphatic carbocycles. The van der Waals surface area contributed by atoms with Crippen LogP contribution in [0.4, 0.5) is 0 Å². The molecule has 0 spiro atoms. The average Bonchev–Trinajstić information content (AvgIpc) is 3.38. The van der Waals surface area contributed by atoms with E-state index < -0.39 is 0 Å². The Morgan fingerprint density at radius 3 is 2.12 bits per heavy atom. The van der Waals surface area contributed by atoms with Gasteiger partial charge in [-0.2, -0.15) is 0 Å². The molecule has 0 aliphatic rings. The number of aliphatic hydroxyl groups excluding tert-OH is 1. The van der Waals surface area contributed by atoms with Crippen molar-refractivity contribution in [3.8, 4) is 11.3 Å². The molecule has 0 saturated carbocycles. The van der Waals surface area contributed by atoms with Crippen LogP contribution in [-0.2, 0) is 31.3 Å². The summed E-state index contributed by atoms with van der Waals surface area (Å²) in [4.78, 5) is 18.6. The summed E-state index contributed by atoms with van der Waals surface area (Å²) in [6.45, 7) is 20.9. The summed E-state index contributed by atoms with van der Waals surface area (Å²) in [7, 11) is 0. The number of hydrogen-bond donors (Lipinski definition) is 1. The Bertz CT molecular complexity index is 1540. The molecule has 0 fully saturated rings. The third kappa shape index (κ3) is 8.65. The molecule has 235 valence electrons. The van der Waals surface area contributed by atoms with Crippen LogP contribution in [0.2, 0.25) is 0 Å². The molecule has 2 aromatic carbocycles. The molecule has 5 heteroatoms. The standard InChI is InChI=1S/C23H22NS.C15H28O2.Ir/c1-14(2)9-18-13-20-22(17-11-15(3)10-16(4)12-17)24-21-8-6-5-7-19(21)23(20)25-18;1-7-14(5,8-2)12(16)11-13(17)15(6,9-3)10-4;/h5-8,10-11,13-14H,9H2,1-4H3;11,16H,7-10H2,1-6H3;/q-1;;/b;12-11-;. The second kappa shape index (κ2) is 15.6. The summed E-state index contributed by atoms with van der Waals surface area (Å²) in [5.74, 6) is 0.942. The predicted octanol–water partition coefficient (Wildman–Crippen LogP) is 11.4. The van der Waals surface area contributed by atoms with Gasteiger partial charge >= 0.3 is 0 Å². The van der Waals surface area contributed by atoms with Gasteiger partial charge in [-0.25, -0.2) is 0 Å². The number of aliphatic hydroxyl groups is 1. The van der Waals surface area contributed by atoms with Crippen LogP contribution in [0, 0.1) is 36.7 Å². The maximum Gasteiger partial charge on any atom is 0.164 e. The molecule has 2 aromatic heterocycles. The number of allylic oxidation sites excluding steroid dienone is 2. The average molecular weight is 777 g/mol. The van der Waals surface area contributed by atoms with Gasteiger partial charge in [-0.1, -0.05) is 87.4 Å². The van der Waals surface area contributed by atoms with Crippen LogP contribution in [0.1, 0.15) is 97.1 Å². The molecule has 0 amide bonds. The van der Waals surface area contributed by atoms with E-state index in [0.717, 1.165) is 54.4 Å². The second-order valence-corrected chi connectivity index (χ2v) is 13.9. The van der Waals surface area contributed by atoms with Crippen LogP contribution >= 0.6 is 11.3 Å². The zero-order chi connectivity index (χ0) is 31.2. The van der Waals surface area contributed by atoms with Gasteiger partial charge in [-0.15, -0.1) is 46.2 Å². The number of benzene rings is 2. The first kappa shape index (κ1) is 36.9. The van der Waals surface area contributed by atoms with Crippen LogP contribution in [0.5, 0.6) is 0 Å². The van der Waals surface area contributed by atoms with Crippen molar-refractivity contribution in [2.45, 2.75) is 101 Å². The summed E-state index contributed by atoms with van der Waals surface area (Å²) in [6, 6.07) is 18.7. The van der Waals surface area contributed by atoms with Crippen molar-refractivity contribution >= 4 is 38.1 Å². The number of pyridine rings is 1. The summed E-state index contributed by atoms with van der Waals surface area (Å²) in [5, 5.41) is 12.7. The number of rotatable bonds is 10. The molecule has 0 saturated heterocycles. The van der Waals surface area contributed by atoms with Crippen molar-refractivity contribution < 1.29 is 30.0 Å². The number of ketones is 1. The van der Waals surface area contributed by atoms with E-state index in [2.05, 4.69) is 76.2 Å². The summed E-state index contributed by atoms with van der Waals surface area (Å²) in [5.41, 5.74) is 5.04. The van der Waals surface area contributed by atoms with Gasteiger partial charge in [-0.05, 0) is 61.2 Å². The van der Waals surface area contributed by atoms with Gasteiger partial charge in [0.1, 0.15) is 5.76 Å². The number of aryl methyl sites for hydroxylation is 2. The maximum absolute atomic E-state index is 12.2. The van der Waals surface area contributed by atoms with Gasteiger partial charge in [0.15, 0.2) is 5.78 Å². The molecule has 0 atom stereocenters. The summed E-state index contributed by atoms with van der Waals surface area (Å²) in [6.07, 6.45) is 5.87. The van der Waals surface area contributed by atoms with Crippen LogP contribution < -0.4 is 0 Å². The molecule has 4 rings (SSSR count). The number of carbonyl (C=O) groups excluding carboxylic acids is 1. The third-order valence-electron chi connectivity index (χ3n) is 9.03. The van der Waals surface area contributed by atoms with E-state index in [1.807, 2.05) is 52.9 Å². The number of para-hydroxylation sites is 1. The number of aromatic nitrogens is 1. The predicted molar refractivity (Wildman–Crippen MR) is 183 cm³/mol. The van der Waals surface area contributed by atoms with E-state index in [4.69, 9.17) is 4.98 Å². The Balaban J connectivity index is 0.000000318. The van der Waals surface area contributed by atoms with Gasteiger partial charge in [0.05, 0.1) is 5.52 Å². The quantitative estimate of drug-likeness (QED) is 0.0991. The van der Waals surface area contributed by atoms with Gasteiger partial charge in [0, 0.05) is 52.0 Å². The number of nitrogens with zero attached hydrogens (tertiary/aromatic N) is 1. The molecule has 43 heavy (non-hydrogen) atoms. The molecule has 1 N–H and O–H groups in total. The molecule has 0 bridgehead atoms.